The number of guanidine groups is 1. The van der Waals surface area contributed by atoms with Gasteiger partial charge >= 0.3 is 0 Å². The zero-order valence-electron chi connectivity index (χ0n) is 18.9. The quantitative estimate of drug-likeness (QED) is 0.547. The molecule has 0 aromatic carbocycles. The van der Waals surface area contributed by atoms with E-state index in [-0.39, 0.29) is 6.10 Å². The van der Waals surface area contributed by atoms with Gasteiger partial charge in [-0.15, -0.1) is 11.3 Å². The highest BCUT2D eigenvalue weighted by molar-refractivity contribution is 7.11. The molecule has 0 saturated carbocycles. The zero-order chi connectivity index (χ0) is 21.6. The van der Waals surface area contributed by atoms with Crippen LogP contribution in [0, 0.1) is 0 Å². The van der Waals surface area contributed by atoms with Crippen LogP contribution in [0.4, 0.5) is 5.82 Å². The second kappa shape index (κ2) is 10.4. The van der Waals surface area contributed by atoms with Gasteiger partial charge in [0, 0.05) is 37.8 Å². The molecule has 1 atom stereocenters. The van der Waals surface area contributed by atoms with E-state index in [1.165, 1.54) is 34.8 Å². The summed E-state index contributed by atoms with van der Waals surface area (Å²) in [7, 11) is 2.09. The summed E-state index contributed by atoms with van der Waals surface area (Å²) in [6.45, 7) is 8.97. The van der Waals surface area contributed by atoms with Crippen LogP contribution in [0.1, 0.15) is 47.8 Å². The van der Waals surface area contributed by atoms with Crippen LogP contribution in [0.25, 0.3) is 0 Å². The Balaban J connectivity index is 1.42. The summed E-state index contributed by atoms with van der Waals surface area (Å²) >= 11 is 1.87. The Hall–Kier alpha value is -2.19. The molecule has 0 radical (unpaired) electrons. The molecular formula is C23H34N6OS. The fourth-order valence-corrected chi connectivity index (χ4v) is 5.36. The van der Waals surface area contributed by atoms with Gasteiger partial charge < -0.3 is 19.9 Å². The van der Waals surface area contributed by atoms with Gasteiger partial charge in [0.15, 0.2) is 5.96 Å². The van der Waals surface area contributed by atoms with Gasteiger partial charge in [0.1, 0.15) is 10.8 Å². The number of morpholine rings is 1. The van der Waals surface area contributed by atoms with E-state index in [4.69, 9.17) is 14.7 Å². The molecule has 1 saturated heterocycles. The van der Waals surface area contributed by atoms with Crippen molar-refractivity contribution in [2.45, 2.75) is 58.7 Å². The Morgan fingerprint density at radius 1 is 1.39 bits per heavy atom. The minimum absolute atomic E-state index is 0.239. The van der Waals surface area contributed by atoms with Crippen molar-refractivity contribution in [1.82, 2.24) is 20.2 Å². The molecule has 2 aliphatic rings. The van der Waals surface area contributed by atoms with Gasteiger partial charge in [0.25, 0.3) is 0 Å². The molecule has 1 N–H and O–H groups in total. The van der Waals surface area contributed by atoms with Gasteiger partial charge in [-0.2, -0.15) is 0 Å². The topological polar surface area (TPSA) is 65.9 Å². The first kappa shape index (κ1) is 22.0. The maximum Gasteiger partial charge on any atom is 0.194 e. The van der Waals surface area contributed by atoms with Crippen molar-refractivity contribution in [1.29, 1.82) is 0 Å². The largest absolute Gasteiger partial charge is 0.375 e. The number of anilines is 1. The normalized spacial score (nSPS) is 19.3. The van der Waals surface area contributed by atoms with Crippen LogP contribution in [-0.2, 0) is 30.7 Å². The van der Waals surface area contributed by atoms with Crippen LogP contribution in [0.15, 0.2) is 23.3 Å². The smallest absolute Gasteiger partial charge is 0.194 e. The lowest BCUT2D eigenvalue weighted by atomic mass is 10.0. The maximum absolute atomic E-state index is 5.66. The summed E-state index contributed by atoms with van der Waals surface area (Å²) in [4.78, 5) is 20.3. The first-order valence-corrected chi connectivity index (χ1v) is 12.2. The molecule has 31 heavy (non-hydrogen) atoms. The number of hydrogen-bond donors (Lipinski definition) is 1. The molecular weight excluding hydrogens is 408 g/mol. The van der Waals surface area contributed by atoms with Crippen molar-refractivity contribution in [3.8, 4) is 0 Å². The first-order valence-electron chi connectivity index (χ1n) is 11.4. The predicted molar refractivity (Wildman–Crippen MR) is 127 cm³/mol. The van der Waals surface area contributed by atoms with E-state index >= 15 is 0 Å². The highest BCUT2D eigenvalue weighted by Crippen LogP contribution is 2.27. The van der Waals surface area contributed by atoms with E-state index in [0.29, 0.717) is 6.54 Å². The molecule has 1 fully saturated rings. The lowest BCUT2D eigenvalue weighted by Crippen LogP contribution is -2.41. The molecule has 8 heteroatoms. The summed E-state index contributed by atoms with van der Waals surface area (Å²) in [5.74, 6) is 1.92. The fraction of sp³-hybridized carbons (Fsp3) is 0.609. The Morgan fingerprint density at radius 2 is 2.26 bits per heavy atom. The van der Waals surface area contributed by atoms with Crippen LogP contribution in [0.3, 0.4) is 0 Å². The lowest BCUT2D eigenvalue weighted by Gasteiger charge is -2.32. The van der Waals surface area contributed by atoms with E-state index < -0.39 is 0 Å². The average molecular weight is 443 g/mol. The number of nitrogens with zero attached hydrogens (tertiary/aromatic N) is 5. The number of rotatable bonds is 6. The number of aliphatic imine (C=N–C) groups is 1. The van der Waals surface area contributed by atoms with Gasteiger partial charge in [-0.25, -0.2) is 15.0 Å². The van der Waals surface area contributed by atoms with Crippen LogP contribution in [0.2, 0.25) is 0 Å². The maximum atomic E-state index is 5.66. The minimum Gasteiger partial charge on any atom is -0.375 e. The predicted octanol–water partition coefficient (Wildman–Crippen LogP) is 3.24. The third-order valence-electron chi connectivity index (χ3n) is 5.75. The number of pyridine rings is 1. The molecule has 2 aromatic heterocycles. The lowest BCUT2D eigenvalue weighted by molar-refractivity contribution is 0.0529. The third kappa shape index (κ3) is 5.74. The van der Waals surface area contributed by atoms with E-state index in [0.717, 1.165) is 56.5 Å². The van der Waals surface area contributed by atoms with Gasteiger partial charge in [-0.05, 0) is 57.2 Å². The number of aromatic nitrogens is 2. The fourth-order valence-electron chi connectivity index (χ4n) is 4.15. The Labute approximate surface area is 189 Å². The monoisotopic (exact) mass is 442 g/mol. The summed E-state index contributed by atoms with van der Waals surface area (Å²) in [6, 6.07) is 4.20. The SMILES string of the molecule is CCNC(=NCc1ccnc(N2CCOC(C)C2)c1)N(C)Cc1nc2c(s1)CCCC2. The number of ether oxygens (including phenoxy) is 1. The zero-order valence-corrected chi connectivity index (χ0v) is 19.7. The van der Waals surface area contributed by atoms with Crippen LogP contribution in [0.5, 0.6) is 0 Å². The average Bonchev–Trinajstić information content (AvgIpc) is 3.19. The number of aryl methyl sites for hydroxylation is 2. The summed E-state index contributed by atoms with van der Waals surface area (Å²) in [5, 5.41) is 4.62. The number of thiazole rings is 1. The molecule has 7 nitrogen and oxygen atoms in total. The Kier molecular flexibility index (Phi) is 7.40. The molecule has 0 amide bonds. The molecule has 1 unspecified atom stereocenters. The number of fused-ring (bicyclic) bond motifs is 1. The first-order chi connectivity index (χ1) is 15.1. The molecule has 1 aliphatic carbocycles. The van der Waals surface area contributed by atoms with E-state index in [1.54, 1.807) is 0 Å². The highest BCUT2D eigenvalue weighted by Gasteiger charge is 2.19. The molecule has 0 spiro atoms. The van der Waals surface area contributed by atoms with Crippen molar-refractivity contribution in [3.63, 3.8) is 0 Å². The molecule has 1 aliphatic heterocycles. The van der Waals surface area contributed by atoms with E-state index in [9.17, 15) is 0 Å². The highest BCUT2D eigenvalue weighted by atomic mass is 32.1. The number of nitrogens with one attached hydrogen (secondary N) is 1. The van der Waals surface area contributed by atoms with Crippen LogP contribution >= 0.6 is 11.3 Å². The van der Waals surface area contributed by atoms with Crippen molar-refractivity contribution in [2.24, 2.45) is 4.99 Å². The standard InChI is InChI=1S/C23H34N6OS/c1-4-24-23(28(3)16-22-27-19-7-5-6-8-20(19)31-22)26-14-18-9-10-25-21(13-18)29-11-12-30-17(2)15-29/h9-10,13,17H,4-8,11-12,14-16H2,1-3H3,(H,24,26). The molecule has 3 heterocycles. The molecule has 168 valence electrons. The van der Waals surface area contributed by atoms with Gasteiger partial charge in [-0.1, -0.05) is 0 Å². The summed E-state index contributed by atoms with van der Waals surface area (Å²) in [5.41, 5.74) is 2.49. The number of hydrogen-bond acceptors (Lipinski definition) is 6. The second-order valence-electron chi connectivity index (χ2n) is 8.36. The van der Waals surface area contributed by atoms with Gasteiger partial charge in [-0.3, -0.25) is 0 Å². The van der Waals surface area contributed by atoms with Crippen molar-refractivity contribution >= 4 is 23.1 Å². The third-order valence-corrected chi connectivity index (χ3v) is 6.89. The van der Waals surface area contributed by atoms with Crippen molar-refractivity contribution in [2.75, 3.05) is 38.2 Å². The minimum atomic E-state index is 0.239. The van der Waals surface area contributed by atoms with E-state index in [1.807, 2.05) is 17.5 Å². The summed E-state index contributed by atoms with van der Waals surface area (Å²) < 4.78 is 5.66. The van der Waals surface area contributed by atoms with Crippen molar-refractivity contribution < 1.29 is 4.74 Å². The van der Waals surface area contributed by atoms with Crippen LogP contribution in [-0.4, -0.2) is 60.2 Å². The van der Waals surface area contributed by atoms with Gasteiger partial charge in [0.05, 0.1) is 31.5 Å². The Morgan fingerprint density at radius 3 is 3.06 bits per heavy atom. The van der Waals surface area contributed by atoms with E-state index in [2.05, 4.69) is 53.1 Å². The Bertz CT molecular complexity index is 874. The molecule has 0 bridgehead atoms. The summed E-state index contributed by atoms with van der Waals surface area (Å²) in [6.07, 6.45) is 7.02. The van der Waals surface area contributed by atoms with Crippen molar-refractivity contribution in [3.05, 3.63) is 39.5 Å². The second-order valence-corrected chi connectivity index (χ2v) is 9.53. The van der Waals surface area contributed by atoms with Gasteiger partial charge in [0.2, 0.25) is 0 Å². The van der Waals surface area contributed by atoms with Crippen LogP contribution < -0.4 is 10.2 Å². The molecule has 4 rings (SSSR count). The molecule has 2 aromatic rings.